The van der Waals surface area contributed by atoms with Crippen LogP contribution in [0.4, 0.5) is 0 Å². The molecule has 2 aliphatic rings. The summed E-state index contributed by atoms with van der Waals surface area (Å²) in [4.78, 5) is 4.66. The van der Waals surface area contributed by atoms with Crippen LogP contribution in [0, 0.1) is 24.8 Å². The van der Waals surface area contributed by atoms with Crippen molar-refractivity contribution in [2.45, 2.75) is 57.7 Å². The van der Waals surface area contributed by atoms with Gasteiger partial charge in [0.05, 0.1) is 17.7 Å². The van der Waals surface area contributed by atoms with Crippen LogP contribution in [0.25, 0.3) is 22.2 Å². The summed E-state index contributed by atoms with van der Waals surface area (Å²) in [6.45, 7) is 2.10. The minimum atomic E-state index is -0.227. The second-order valence-corrected chi connectivity index (χ2v) is 8.50. The Morgan fingerprint density at radius 3 is 2.50 bits per heavy atom. The van der Waals surface area contributed by atoms with Crippen molar-refractivity contribution >= 4 is 10.9 Å². The third-order valence-corrected chi connectivity index (χ3v) is 6.42. The topological polar surface area (TPSA) is 53.4 Å². The molecule has 1 radical (unpaired) electrons. The fraction of sp³-hybridized carbons (Fsp3) is 0.423. The van der Waals surface area contributed by atoms with E-state index in [1.54, 1.807) is 0 Å². The maximum absolute atomic E-state index is 9.77. The van der Waals surface area contributed by atoms with Gasteiger partial charge in [-0.3, -0.25) is 4.98 Å². The summed E-state index contributed by atoms with van der Waals surface area (Å²) in [5, 5.41) is 20.6. The van der Waals surface area contributed by atoms with Crippen LogP contribution in [-0.4, -0.2) is 27.4 Å². The Balaban J connectivity index is 0.000000175. The molecule has 161 valence electrons. The van der Waals surface area contributed by atoms with Gasteiger partial charge in [-0.1, -0.05) is 36.6 Å². The van der Waals surface area contributed by atoms with Gasteiger partial charge in [-0.25, -0.2) is 0 Å². The Morgan fingerprint density at radius 1 is 0.900 bits per heavy atom. The maximum atomic E-state index is 9.77. The van der Waals surface area contributed by atoms with Gasteiger partial charge in [0.15, 0.2) is 0 Å². The first-order valence-corrected chi connectivity index (χ1v) is 10.8. The van der Waals surface area contributed by atoms with Crippen LogP contribution in [-0.2, 0) is 20.1 Å². The van der Waals surface area contributed by atoms with Gasteiger partial charge in [0.1, 0.15) is 0 Å². The van der Waals surface area contributed by atoms with Gasteiger partial charge in [0, 0.05) is 26.0 Å². The van der Waals surface area contributed by atoms with Crippen molar-refractivity contribution in [2.24, 2.45) is 11.8 Å². The average molecular weight is 581 g/mol. The third-order valence-electron chi connectivity index (χ3n) is 6.42. The maximum Gasteiger partial charge on any atom is 0.0595 e. The smallest absolute Gasteiger partial charge is 0.0595 e. The van der Waals surface area contributed by atoms with Crippen LogP contribution in [0.3, 0.4) is 0 Å². The van der Waals surface area contributed by atoms with Gasteiger partial charge in [-0.15, -0.1) is 35.9 Å². The number of nitrogens with zero attached hydrogens (tertiary/aromatic N) is 1. The third kappa shape index (κ3) is 5.36. The SMILES string of the molecule is Cc1ccc2nc(-c3[c-]cccc3)ccc2c1.OC1CCCCC2CCC(O)C12.[Ir]. The molecule has 0 spiro atoms. The molecule has 4 unspecified atom stereocenters. The predicted molar refractivity (Wildman–Crippen MR) is 117 cm³/mol. The molecule has 2 aliphatic carbocycles. The molecule has 0 amide bonds. The van der Waals surface area contributed by atoms with E-state index in [-0.39, 0.29) is 38.2 Å². The van der Waals surface area contributed by atoms with E-state index in [1.807, 2.05) is 30.3 Å². The summed E-state index contributed by atoms with van der Waals surface area (Å²) in [5.41, 5.74) is 4.31. The summed E-state index contributed by atoms with van der Waals surface area (Å²) in [5.74, 6) is 0.810. The molecule has 3 aromatic rings. The van der Waals surface area contributed by atoms with Crippen LogP contribution < -0.4 is 0 Å². The number of aromatic nitrogens is 1. The Hall–Kier alpha value is -1.58. The average Bonchev–Trinajstić information content (AvgIpc) is 3.01. The molecule has 2 N–H and O–H groups in total. The number of fused-ring (bicyclic) bond motifs is 2. The molecule has 2 saturated carbocycles. The van der Waals surface area contributed by atoms with Crippen LogP contribution in [0.2, 0.25) is 0 Å². The van der Waals surface area contributed by atoms with Crippen LogP contribution in [0.5, 0.6) is 0 Å². The summed E-state index contributed by atoms with van der Waals surface area (Å²) in [6, 6.07) is 21.6. The monoisotopic (exact) mass is 581 g/mol. The molecule has 4 atom stereocenters. The number of aliphatic hydroxyl groups excluding tert-OH is 2. The van der Waals surface area contributed by atoms with E-state index < -0.39 is 0 Å². The van der Waals surface area contributed by atoms with E-state index in [0.29, 0.717) is 5.92 Å². The zero-order valence-corrected chi connectivity index (χ0v) is 19.8. The van der Waals surface area contributed by atoms with Gasteiger partial charge in [-0.05, 0) is 61.7 Å². The summed E-state index contributed by atoms with van der Waals surface area (Å²) in [7, 11) is 0. The van der Waals surface area contributed by atoms with Crippen molar-refractivity contribution in [2.75, 3.05) is 0 Å². The second kappa shape index (κ2) is 10.6. The molecule has 4 heteroatoms. The number of hydrogen-bond donors (Lipinski definition) is 2. The standard InChI is InChI=1S/C16H12N.C10H18O2.Ir/c1-12-7-9-16-14(11-12)8-10-15(17-16)13-5-3-2-4-6-13;11-8-4-2-1-3-7-5-6-9(12)10(7)8;/h2-5,7-11H,1H3;7-12H,1-6H2;/q-1;;. The molecule has 2 fully saturated rings. The number of rotatable bonds is 1. The van der Waals surface area contributed by atoms with E-state index in [0.717, 1.165) is 42.5 Å². The number of pyridine rings is 1. The molecular formula is C26H30IrNO2-. The summed E-state index contributed by atoms with van der Waals surface area (Å²) >= 11 is 0. The van der Waals surface area contributed by atoms with Crippen LogP contribution >= 0.6 is 0 Å². The largest absolute Gasteiger partial charge is 0.393 e. The second-order valence-electron chi connectivity index (χ2n) is 8.50. The zero-order chi connectivity index (χ0) is 20.2. The van der Waals surface area contributed by atoms with E-state index in [2.05, 4.69) is 42.2 Å². The molecule has 30 heavy (non-hydrogen) atoms. The van der Waals surface area contributed by atoms with Crippen LogP contribution in [0.1, 0.15) is 44.1 Å². The Labute approximate surface area is 192 Å². The van der Waals surface area contributed by atoms with Crippen molar-refractivity contribution in [1.82, 2.24) is 4.98 Å². The van der Waals surface area contributed by atoms with Gasteiger partial charge in [0.25, 0.3) is 0 Å². The fourth-order valence-corrected chi connectivity index (χ4v) is 4.89. The minimum absolute atomic E-state index is 0. The molecule has 2 aromatic carbocycles. The first-order chi connectivity index (χ1) is 14.1. The molecule has 0 bridgehead atoms. The van der Waals surface area contributed by atoms with Gasteiger partial charge >= 0.3 is 0 Å². The van der Waals surface area contributed by atoms with E-state index in [1.165, 1.54) is 23.8 Å². The molecule has 0 aliphatic heterocycles. The fourth-order valence-electron chi connectivity index (χ4n) is 4.89. The van der Waals surface area contributed by atoms with Gasteiger partial charge in [0.2, 0.25) is 0 Å². The molecule has 5 rings (SSSR count). The predicted octanol–water partition coefficient (Wildman–Crippen LogP) is 5.32. The quantitative estimate of drug-likeness (QED) is 0.384. The van der Waals surface area contributed by atoms with Crippen molar-refractivity contribution in [3.05, 3.63) is 66.2 Å². The number of benzene rings is 2. The van der Waals surface area contributed by atoms with E-state index in [9.17, 15) is 10.2 Å². The Morgan fingerprint density at radius 2 is 1.70 bits per heavy atom. The number of aryl methyl sites for hydroxylation is 1. The van der Waals surface area contributed by atoms with Crippen molar-refractivity contribution in [1.29, 1.82) is 0 Å². The van der Waals surface area contributed by atoms with Crippen LogP contribution in [0.15, 0.2) is 54.6 Å². The van der Waals surface area contributed by atoms with E-state index in [4.69, 9.17) is 0 Å². The number of hydrogen-bond acceptors (Lipinski definition) is 3. The van der Waals surface area contributed by atoms with E-state index >= 15 is 0 Å². The molecular weight excluding hydrogens is 551 g/mol. The van der Waals surface area contributed by atoms with Crippen molar-refractivity contribution in [3.8, 4) is 11.3 Å². The normalized spacial score (nSPS) is 25.4. The Kier molecular flexibility index (Phi) is 8.19. The van der Waals surface area contributed by atoms with Gasteiger partial charge in [-0.2, -0.15) is 0 Å². The molecule has 1 aromatic heterocycles. The Bertz CT molecular complexity index is 946. The molecule has 1 heterocycles. The minimum Gasteiger partial charge on any atom is -0.393 e. The van der Waals surface area contributed by atoms with Crippen molar-refractivity contribution < 1.29 is 30.3 Å². The summed E-state index contributed by atoms with van der Waals surface area (Å²) < 4.78 is 0. The van der Waals surface area contributed by atoms with Gasteiger partial charge < -0.3 is 10.2 Å². The first kappa shape index (κ1) is 23.1. The first-order valence-electron chi connectivity index (χ1n) is 10.8. The van der Waals surface area contributed by atoms with Crippen molar-refractivity contribution in [3.63, 3.8) is 0 Å². The molecule has 3 nitrogen and oxygen atoms in total. The molecule has 0 saturated heterocycles. The summed E-state index contributed by atoms with van der Waals surface area (Å²) in [6.07, 6.45) is 6.09. The zero-order valence-electron chi connectivity index (χ0n) is 17.4. The number of aliphatic hydroxyl groups is 2.